The molecule has 4 rings (SSSR count). The molecule has 0 aliphatic carbocycles. The molecule has 3 aromatic rings. The summed E-state index contributed by atoms with van der Waals surface area (Å²) >= 11 is 6.05. The van der Waals surface area contributed by atoms with Gasteiger partial charge in [-0.3, -0.25) is 19.3 Å². The Balaban J connectivity index is 1.50. The number of rotatable bonds is 7. The van der Waals surface area contributed by atoms with Gasteiger partial charge in [-0.15, -0.1) is 0 Å². The van der Waals surface area contributed by atoms with Crippen LogP contribution in [0.25, 0.3) is 0 Å². The normalized spacial score (nSPS) is 14.5. The van der Waals surface area contributed by atoms with Crippen molar-refractivity contribution in [3.63, 3.8) is 0 Å². The Morgan fingerprint density at radius 1 is 1.03 bits per heavy atom. The van der Waals surface area contributed by atoms with Gasteiger partial charge in [0.25, 0.3) is 5.91 Å². The molecule has 3 N–H and O–H groups in total. The fraction of sp³-hybridized carbons (Fsp3) is 0.192. The Bertz CT molecular complexity index is 1260. The number of carbonyl (C=O) groups is 3. The van der Waals surface area contributed by atoms with E-state index in [1.807, 2.05) is 25.1 Å². The number of para-hydroxylation sites is 2. The molecule has 8 nitrogen and oxygen atoms in total. The number of anilines is 4. The van der Waals surface area contributed by atoms with Crippen LogP contribution in [0.4, 0.5) is 22.7 Å². The molecule has 0 radical (unpaired) electrons. The number of hydrogen-bond donors (Lipinski definition) is 3. The number of aryl methyl sites for hydroxylation is 1. The van der Waals surface area contributed by atoms with Crippen molar-refractivity contribution < 1.29 is 19.1 Å². The molecule has 0 saturated carbocycles. The summed E-state index contributed by atoms with van der Waals surface area (Å²) in [5.74, 6) is -0.679. The van der Waals surface area contributed by atoms with Gasteiger partial charge >= 0.3 is 0 Å². The molecule has 0 saturated heterocycles. The third kappa shape index (κ3) is 5.73. The van der Waals surface area contributed by atoms with E-state index in [-0.39, 0.29) is 24.8 Å². The molecular weight excluding hydrogens is 468 g/mol. The Morgan fingerprint density at radius 2 is 1.77 bits per heavy atom. The summed E-state index contributed by atoms with van der Waals surface area (Å²) < 4.78 is 5.28. The second-order valence-electron chi connectivity index (χ2n) is 8.15. The van der Waals surface area contributed by atoms with Gasteiger partial charge in [0.05, 0.1) is 30.6 Å². The summed E-state index contributed by atoms with van der Waals surface area (Å²) in [5.41, 5.74) is 3.34. The lowest BCUT2D eigenvalue weighted by molar-refractivity contribution is -0.124. The van der Waals surface area contributed by atoms with E-state index >= 15 is 0 Å². The summed E-state index contributed by atoms with van der Waals surface area (Å²) in [5, 5.41) is 9.13. The van der Waals surface area contributed by atoms with Crippen molar-refractivity contribution in [2.24, 2.45) is 0 Å². The number of hydrogen-bond acceptors (Lipinski definition) is 5. The van der Waals surface area contributed by atoms with E-state index in [0.717, 1.165) is 5.56 Å². The highest BCUT2D eigenvalue weighted by atomic mass is 35.5. The van der Waals surface area contributed by atoms with Crippen LogP contribution >= 0.6 is 11.6 Å². The lowest BCUT2D eigenvalue weighted by Crippen LogP contribution is -2.51. The maximum Gasteiger partial charge on any atom is 0.250 e. The maximum atomic E-state index is 13.3. The van der Waals surface area contributed by atoms with Gasteiger partial charge in [0.1, 0.15) is 18.3 Å². The van der Waals surface area contributed by atoms with Crippen LogP contribution in [0.5, 0.6) is 5.75 Å². The van der Waals surface area contributed by atoms with Gasteiger partial charge in [-0.1, -0.05) is 41.4 Å². The first-order valence-electron chi connectivity index (χ1n) is 11.0. The number of nitrogens with one attached hydrogen (secondary N) is 3. The molecule has 0 spiro atoms. The Labute approximate surface area is 208 Å². The first kappa shape index (κ1) is 24.1. The van der Waals surface area contributed by atoms with Crippen LogP contribution in [0.15, 0.2) is 66.7 Å². The molecule has 0 fully saturated rings. The topological polar surface area (TPSA) is 99.8 Å². The Hall–Kier alpha value is -4.04. The lowest BCUT2D eigenvalue weighted by Gasteiger charge is -2.34. The number of carbonyl (C=O) groups excluding carboxylic acids is 3. The van der Waals surface area contributed by atoms with Crippen molar-refractivity contribution in [3.8, 4) is 5.75 Å². The van der Waals surface area contributed by atoms with Gasteiger partial charge in [-0.05, 0) is 49.4 Å². The highest BCUT2D eigenvalue weighted by molar-refractivity contribution is 6.31. The van der Waals surface area contributed by atoms with Crippen molar-refractivity contribution in [2.75, 3.05) is 34.5 Å². The van der Waals surface area contributed by atoms with Gasteiger partial charge in [-0.2, -0.15) is 0 Å². The minimum absolute atomic E-state index is 0.0960. The molecule has 1 unspecified atom stereocenters. The van der Waals surface area contributed by atoms with Gasteiger partial charge in [0, 0.05) is 10.7 Å². The minimum Gasteiger partial charge on any atom is -0.495 e. The van der Waals surface area contributed by atoms with Crippen molar-refractivity contribution in [1.29, 1.82) is 0 Å². The van der Waals surface area contributed by atoms with Gasteiger partial charge in [0.15, 0.2) is 0 Å². The maximum absolute atomic E-state index is 13.3. The van der Waals surface area contributed by atoms with Crippen LogP contribution in [0.2, 0.25) is 5.02 Å². The number of fused-ring (bicyclic) bond motifs is 1. The van der Waals surface area contributed by atoms with Crippen LogP contribution in [0.3, 0.4) is 0 Å². The van der Waals surface area contributed by atoms with E-state index < -0.39 is 11.9 Å². The second kappa shape index (κ2) is 10.5. The predicted octanol–water partition coefficient (Wildman–Crippen LogP) is 4.45. The number of benzene rings is 3. The third-order valence-electron chi connectivity index (χ3n) is 5.55. The summed E-state index contributed by atoms with van der Waals surface area (Å²) in [7, 11) is 1.49. The summed E-state index contributed by atoms with van der Waals surface area (Å²) in [6, 6.07) is 18.6. The van der Waals surface area contributed by atoms with E-state index in [1.165, 1.54) is 12.0 Å². The molecule has 3 aromatic carbocycles. The van der Waals surface area contributed by atoms with Gasteiger partial charge in [0.2, 0.25) is 11.8 Å². The van der Waals surface area contributed by atoms with Crippen LogP contribution < -0.4 is 25.6 Å². The van der Waals surface area contributed by atoms with E-state index in [2.05, 4.69) is 16.0 Å². The van der Waals surface area contributed by atoms with Crippen LogP contribution in [-0.4, -0.2) is 37.4 Å². The SMILES string of the molecule is COc1ccc(Cl)cc1NC(=O)CN1C(=O)C(CC(=O)Nc2ccc(C)cc2)Nc2ccccc21. The number of nitrogens with zero attached hydrogens (tertiary/aromatic N) is 1. The molecular formula is C26H25ClN4O4. The smallest absolute Gasteiger partial charge is 0.250 e. The van der Waals surface area contributed by atoms with E-state index in [9.17, 15) is 14.4 Å². The van der Waals surface area contributed by atoms with Gasteiger partial charge < -0.3 is 20.7 Å². The van der Waals surface area contributed by atoms with Crippen molar-refractivity contribution in [2.45, 2.75) is 19.4 Å². The summed E-state index contributed by atoms with van der Waals surface area (Å²) in [6.07, 6.45) is -0.0960. The average molecular weight is 493 g/mol. The van der Waals surface area contributed by atoms with E-state index in [4.69, 9.17) is 16.3 Å². The Kier molecular flexibility index (Phi) is 7.22. The molecule has 0 aromatic heterocycles. The molecule has 3 amide bonds. The van der Waals surface area contributed by atoms with E-state index in [0.29, 0.717) is 33.5 Å². The fourth-order valence-corrected chi connectivity index (χ4v) is 4.01. The zero-order valence-electron chi connectivity index (χ0n) is 19.3. The molecule has 9 heteroatoms. The highest BCUT2D eigenvalue weighted by Crippen LogP contribution is 2.33. The molecule has 1 aliphatic rings. The summed E-state index contributed by atoms with van der Waals surface area (Å²) in [4.78, 5) is 40.3. The lowest BCUT2D eigenvalue weighted by atomic mass is 10.1. The second-order valence-corrected chi connectivity index (χ2v) is 8.59. The first-order valence-corrected chi connectivity index (χ1v) is 11.4. The number of methoxy groups -OCH3 is 1. The highest BCUT2D eigenvalue weighted by Gasteiger charge is 2.34. The Morgan fingerprint density at radius 3 is 2.51 bits per heavy atom. The number of ether oxygens (including phenoxy) is 1. The fourth-order valence-electron chi connectivity index (χ4n) is 3.83. The van der Waals surface area contributed by atoms with Gasteiger partial charge in [-0.25, -0.2) is 0 Å². The van der Waals surface area contributed by atoms with Crippen LogP contribution in [0.1, 0.15) is 12.0 Å². The largest absolute Gasteiger partial charge is 0.495 e. The molecule has 1 aliphatic heterocycles. The summed E-state index contributed by atoms with van der Waals surface area (Å²) in [6.45, 7) is 1.71. The zero-order valence-corrected chi connectivity index (χ0v) is 20.1. The number of halogens is 1. The number of amides is 3. The molecule has 35 heavy (non-hydrogen) atoms. The third-order valence-corrected chi connectivity index (χ3v) is 5.79. The molecule has 180 valence electrons. The van der Waals surface area contributed by atoms with Crippen LogP contribution in [0, 0.1) is 6.92 Å². The predicted molar refractivity (Wildman–Crippen MR) is 137 cm³/mol. The zero-order chi connectivity index (χ0) is 24.9. The average Bonchev–Trinajstić information content (AvgIpc) is 2.83. The van der Waals surface area contributed by atoms with Crippen molar-refractivity contribution in [1.82, 2.24) is 0 Å². The first-order chi connectivity index (χ1) is 16.8. The standard InChI is InChI=1S/C26H25ClN4O4/c1-16-7-10-18(11-8-16)28-24(32)14-21-26(34)31(22-6-4-3-5-19(22)29-21)15-25(33)30-20-13-17(27)9-12-23(20)35-2/h3-13,21,29H,14-15H2,1-2H3,(H,28,32)(H,30,33). The molecule has 0 bridgehead atoms. The van der Waals surface area contributed by atoms with E-state index in [1.54, 1.807) is 48.5 Å². The molecule has 1 heterocycles. The quantitative estimate of drug-likeness (QED) is 0.452. The van der Waals surface area contributed by atoms with Crippen molar-refractivity contribution >= 4 is 52.1 Å². The van der Waals surface area contributed by atoms with Crippen molar-refractivity contribution in [3.05, 3.63) is 77.3 Å². The monoisotopic (exact) mass is 492 g/mol. The molecule has 1 atom stereocenters. The van der Waals surface area contributed by atoms with Crippen LogP contribution in [-0.2, 0) is 14.4 Å². The minimum atomic E-state index is -0.830.